The summed E-state index contributed by atoms with van der Waals surface area (Å²) < 4.78 is 13.1. The quantitative estimate of drug-likeness (QED) is 0.160. The largest absolute Gasteiger partial charge is 0.457 e. The zero-order valence-electron chi connectivity index (χ0n) is 24.6. The SMILES string of the molecule is COCCNc1cc(Oc2ccc(NC(=O)Nc3cc(C(C)(C)C)nn3-c3ccc(C)cc3)c3ccccc23)ccn1. The number of hydrogen-bond donors (Lipinski definition) is 3. The number of rotatable bonds is 9. The van der Waals surface area contributed by atoms with Gasteiger partial charge in [-0.15, -0.1) is 0 Å². The van der Waals surface area contributed by atoms with Crippen molar-refractivity contribution in [3.05, 3.63) is 96.3 Å². The molecule has 0 aliphatic carbocycles. The predicted octanol–water partition coefficient (Wildman–Crippen LogP) is 7.52. The first-order valence-corrected chi connectivity index (χ1v) is 13.9. The Morgan fingerprint density at radius 2 is 1.69 bits per heavy atom. The lowest BCUT2D eigenvalue weighted by atomic mass is 9.92. The fourth-order valence-electron chi connectivity index (χ4n) is 4.44. The number of amides is 2. The lowest BCUT2D eigenvalue weighted by Gasteiger charge is -2.15. The summed E-state index contributed by atoms with van der Waals surface area (Å²) >= 11 is 0. The second kappa shape index (κ2) is 12.3. The van der Waals surface area contributed by atoms with Gasteiger partial charge in [-0.25, -0.2) is 14.5 Å². The van der Waals surface area contributed by atoms with E-state index < -0.39 is 0 Å². The fourth-order valence-corrected chi connectivity index (χ4v) is 4.44. The summed E-state index contributed by atoms with van der Waals surface area (Å²) in [6, 6.07) is 24.7. The number of methoxy groups -OCH3 is 1. The van der Waals surface area contributed by atoms with Gasteiger partial charge in [-0.2, -0.15) is 5.10 Å². The third kappa shape index (κ3) is 6.70. The maximum atomic E-state index is 13.3. The molecule has 0 radical (unpaired) electrons. The summed E-state index contributed by atoms with van der Waals surface area (Å²) in [5, 5.41) is 15.8. The minimum absolute atomic E-state index is 0.190. The monoisotopic (exact) mass is 564 g/mol. The van der Waals surface area contributed by atoms with Crippen LogP contribution in [0.15, 0.2) is 85.1 Å². The average molecular weight is 565 g/mol. The summed E-state index contributed by atoms with van der Waals surface area (Å²) in [6.45, 7) is 9.54. The molecule has 0 atom stereocenters. The first-order chi connectivity index (χ1) is 20.2. The van der Waals surface area contributed by atoms with Gasteiger partial charge in [0.05, 0.1) is 23.7 Å². The molecule has 5 rings (SSSR count). The Labute approximate surface area is 245 Å². The van der Waals surface area contributed by atoms with E-state index in [-0.39, 0.29) is 11.4 Å². The van der Waals surface area contributed by atoms with Gasteiger partial charge in [-0.1, -0.05) is 62.7 Å². The van der Waals surface area contributed by atoms with E-state index in [1.807, 2.05) is 79.7 Å². The zero-order valence-corrected chi connectivity index (χ0v) is 24.6. The summed E-state index contributed by atoms with van der Waals surface area (Å²) in [6.07, 6.45) is 1.69. The smallest absolute Gasteiger partial charge is 0.324 e. The van der Waals surface area contributed by atoms with Crippen molar-refractivity contribution in [1.29, 1.82) is 0 Å². The maximum Gasteiger partial charge on any atom is 0.324 e. The van der Waals surface area contributed by atoms with Crippen molar-refractivity contribution in [2.75, 3.05) is 36.2 Å². The highest BCUT2D eigenvalue weighted by atomic mass is 16.5. The topological polar surface area (TPSA) is 102 Å². The molecule has 0 spiro atoms. The number of ether oxygens (including phenoxy) is 2. The molecule has 9 nitrogen and oxygen atoms in total. The third-order valence-electron chi connectivity index (χ3n) is 6.70. The zero-order chi connectivity index (χ0) is 29.7. The molecule has 216 valence electrons. The minimum Gasteiger partial charge on any atom is -0.457 e. The summed E-state index contributed by atoms with van der Waals surface area (Å²) in [7, 11) is 1.66. The normalized spacial score (nSPS) is 11.4. The van der Waals surface area contributed by atoms with Crippen LogP contribution in [-0.2, 0) is 10.2 Å². The van der Waals surface area contributed by atoms with Crippen LogP contribution in [0.1, 0.15) is 32.0 Å². The Bertz CT molecular complexity index is 1690. The number of fused-ring (bicyclic) bond motifs is 1. The molecule has 0 fully saturated rings. The lowest BCUT2D eigenvalue weighted by Crippen LogP contribution is -2.21. The molecular formula is C33H36N6O3. The van der Waals surface area contributed by atoms with E-state index in [4.69, 9.17) is 14.6 Å². The molecule has 0 saturated carbocycles. The maximum absolute atomic E-state index is 13.3. The summed E-state index contributed by atoms with van der Waals surface area (Å²) in [5.74, 6) is 2.59. The van der Waals surface area contributed by atoms with Gasteiger partial charge in [-0.05, 0) is 37.3 Å². The minimum atomic E-state index is -0.372. The number of nitrogens with one attached hydrogen (secondary N) is 3. The van der Waals surface area contributed by atoms with Gasteiger partial charge in [0.15, 0.2) is 0 Å². The van der Waals surface area contributed by atoms with Crippen LogP contribution < -0.4 is 20.7 Å². The Balaban J connectivity index is 1.38. The van der Waals surface area contributed by atoms with Gasteiger partial charge < -0.3 is 20.1 Å². The lowest BCUT2D eigenvalue weighted by molar-refractivity contribution is 0.210. The van der Waals surface area contributed by atoms with Gasteiger partial charge in [0, 0.05) is 48.2 Å². The fraction of sp³-hybridized carbons (Fsp3) is 0.242. The molecule has 42 heavy (non-hydrogen) atoms. The van der Waals surface area contributed by atoms with Crippen LogP contribution in [0.3, 0.4) is 0 Å². The second-order valence-electron chi connectivity index (χ2n) is 11.0. The molecule has 0 aliphatic rings. The van der Waals surface area contributed by atoms with Crippen LogP contribution >= 0.6 is 0 Å². The van der Waals surface area contributed by atoms with Crippen molar-refractivity contribution in [3.8, 4) is 17.2 Å². The number of carbonyl (C=O) groups excluding carboxylic acids is 1. The van der Waals surface area contributed by atoms with Crippen molar-refractivity contribution in [2.45, 2.75) is 33.1 Å². The molecule has 0 bridgehead atoms. The highest BCUT2D eigenvalue weighted by molar-refractivity contribution is 6.07. The van der Waals surface area contributed by atoms with Gasteiger partial charge in [0.25, 0.3) is 0 Å². The van der Waals surface area contributed by atoms with Crippen molar-refractivity contribution >= 4 is 34.1 Å². The molecule has 3 aromatic carbocycles. The molecule has 5 aromatic rings. The second-order valence-corrected chi connectivity index (χ2v) is 11.0. The Morgan fingerprint density at radius 3 is 2.43 bits per heavy atom. The van der Waals surface area contributed by atoms with Crippen LogP contribution in [0.25, 0.3) is 16.5 Å². The van der Waals surface area contributed by atoms with Crippen LogP contribution in [0.2, 0.25) is 0 Å². The molecule has 0 aliphatic heterocycles. The van der Waals surface area contributed by atoms with Crippen molar-refractivity contribution in [2.24, 2.45) is 0 Å². The average Bonchev–Trinajstić information content (AvgIpc) is 3.39. The number of urea groups is 1. The number of anilines is 3. The van der Waals surface area contributed by atoms with E-state index >= 15 is 0 Å². The standard InChI is InChI=1S/C33H36N6O3/c1-22-10-12-23(13-11-22)39-31(21-29(38-39)33(2,3)4)37-32(40)36-27-14-15-28(26-9-7-6-8-25(26)27)42-24-16-17-34-30(20-24)35-18-19-41-5/h6-17,20-21H,18-19H2,1-5H3,(H,34,35)(H2,36,37,40). The summed E-state index contributed by atoms with van der Waals surface area (Å²) in [5.41, 5.74) is 3.36. The molecule has 9 heteroatoms. The van der Waals surface area contributed by atoms with Crippen LogP contribution in [-0.4, -0.2) is 41.1 Å². The van der Waals surface area contributed by atoms with Gasteiger partial charge >= 0.3 is 6.03 Å². The third-order valence-corrected chi connectivity index (χ3v) is 6.70. The number of aromatic nitrogens is 3. The molecule has 3 N–H and O–H groups in total. The number of aryl methyl sites for hydroxylation is 1. The van der Waals surface area contributed by atoms with Crippen molar-refractivity contribution < 1.29 is 14.3 Å². The van der Waals surface area contributed by atoms with Crippen molar-refractivity contribution in [3.63, 3.8) is 0 Å². The molecule has 0 saturated heterocycles. The number of pyridine rings is 1. The number of carbonyl (C=O) groups is 1. The molecule has 2 amide bonds. The number of hydrogen-bond acceptors (Lipinski definition) is 6. The first-order valence-electron chi connectivity index (χ1n) is 13.9. The van der Waals surface area contributed by atoms with Crippen LogP contribution in [0, 0.1) is 6.92 Å². The Hall–Kier alpha value is -4.89. The summed E-state index contributed by atoms with van der Waals surface area (Å²) in [4.78, 5) is 17.7. The molecule has 0 unspecified atom stereocenters. The van der Waals surface area contributed by atoms with E-state index in [1.54, 1.807) is 24.1 Å². The number of benzene rings is 3. The van der Waals surface area contributed by atoms with E-state index in [0.717, 1.165) is 27.7 Å². The van der Waals surface area contributed by atoms with Gasteiger partial charge in [-0.3, -0.25) is 5.32 Å². The van der Waals surface area contributed by atoms with Gasteiger partial charge in [0.2, 0.25) is 0 Å². The van der Waals surface area contributed by atoms with Crippen LogP contribution in [0.5, 0.6) is 11.5 Å². The van der Waals surface area contributed by atoms with E-state index in [1.165, 1.54) is 0 Å². The molecular weight excluding hydrogens is 528 g/mol. The van der Waals surface area contributed by atoms with E-state index in [9.17, 15) is 4.79 Å². The van der Waals surface area contributed by atoms with E-state index in [0.29, 0.717) is 42.0 Å². The predicted molar refractivity (Wildman–Crippen MR) is 168 cm³/mol. The van der Waals surface area contributed by atoms with Crippen molar-refractivity contribution in [1.82, 2.24) is 14.8 Å². The highest BCUT2D eigenvalue weighted by Crippen LogP contribution is 2.35. The molecule has 2 heterocycles. The van der Waals surface area contributed by atoms with Gasteiger partial charge in [0.1, 0.15) is 23.1 Å². The number of nitrogens with zero attached hydrogens (tertiary/aromatic N) is 3. The Morgan fingerprint density at radius 1 is 0.929 bits per heavy atom. The van der Waals surface area contributed by atoms with E-state index in [2.05, 4.69) is 41.7 Å². The highest BCUT2D eigenvalue weighted by Gasteiger charge is 2.22. The Kier molecular flexibility index (Phi) is 8.40. The van der Waals surface area contributed by atoms with Crippen LogP contribution in [0.4, 0.5) is 22.1 Å². The molecule has 2 aromatic heterocycles. The first kappa shape index (κ1) is 28.6.